The maximum Gasteiger partial charge on any atom is 0.317 e. The fourth-order valence-corrected chi connectivity index (χ4v) is 3.53. The number of fused-ring (bicyclic) bond motifs is 1. The van der Waals surface area contributed by atoms with Crippen LogP contribution in [0.4, 0.5) is 4.79 Å². The van der Waals surface area contributed by atoms with Crippen molar-refractivity contribution in [1.29, 1.82) is 0 Å². The van der Waals surface area contributed by atoms with Gasteiger partial charge in [-0.15, -0.1) is 0 Å². The van der Waals surface area contributed by atoms with Crippen molar-refractivity contribution in [2.24, 2.45) is 0 Å². The summed E-state index contributed by atoms with van der Waals surface area (Å²) in [5.41, 5.74) is 1.69. The lowest BCUT2D eigenvalue weighted by Crippen LogP contribution is -2.50. The Labute approximate surface area is 183 Å². The Bertz CT molecular complexity index is 1040. The van der Waals surface area contributed by atoms with Crippen LogP contribution in [0.5, 0.6) is 5.88 Å². The second-order valence-electron chi connectivity index (χ2n) is 6.85. The van der Waals surface area contributed by atoms with Crippen LogP contribution in [0.3, 0.4) is 0 Å². The van der Waals surface area contributed by atoms with E-state index in [0.29, 0.717) is 42.2 Å². The van der Waals surface area contributed by atoms with Crippen molar-refractivity contribution < 1.29 is 14.3 Å². The highest BCUT2D eigenvalue weighted by molar-refractivity contribution is 6.42. The van der Waals surface area contributed by atoms with Crippen molar-refractivity contribution in [3.63, 3.8) is 0 Å². The Hall–Kier alpha value is -2.61. The van der Waals surface area contributed by atoms with Crippen LogP contribution in [-0.4, -0.2) is 53.3 Å². The average molecular weight is 447 g/mol. The summed E-state index contributed by atoms with van der Waals surface area (Å²) in [6.45, 7) is 2.04. The highest BCUT2D eigenvalue weighted by Gasteiger charge is 2.25. The van der Waals surface area contributed by atoms with Gasteiger partial charge in [0.05, 0.1) is 34.1 Å². The van der Waals surface area contributed by atoms with Crippen LogP contribution in [0.25, 0.3) is 10.9 Å². The van der Waals surface area contributed by atoms with E-state index in [9.17, 15) is 4.79 Å². The summed E-state index contributed by atoms with van der Waals surface area (Å²) in [7, 11) is 0. The van der Waals surface area contributed by atoms with Gasteiger partial charge < -0.3 is 19.7 Å². The van der Waals surface area contributed by atoms with Crippen LogP contribution in [0.1, 0.15) is 5.56 Å². The monoisotopic (exact) mass is 446 g/mol. The van der Waals surface area contributed by atoms with Crippen LogP contribution in [0, 0.1) is 0 Å². The smallest absolute Gasteiger partial charge is 0.317 e. The summed E-state index contributed by atoms with van der Waals surface area (Å²) < 4.78 is 11.6. The van der Waals surface area contributed by atoms with Gasteiger partial charge in [0.1, 0.15) is 19.0 Å². The fraction of sp³-hybridized carbons (Fsp3) is 0.286. The Morgan fingerprint density at radius 2 is 2.07 bits per heavy atom. The summed E-state index contributed by atoms with van der Waals surface area (Å²) in [6, 6.07) is 12.8. The second-order valence-corrected chi connectivity index (χ2v) is 7.67. The van der Waals surface area contributed by atoms with Gasteiger partial charge in [-0.25, -0.2) is 14.8 Å². The summed E-state index contributed by atoms with van der Waals surface area (Å²) in [6.07, 6.45) is 1.23. The molecule has 1 atom stereocenters. The van der Waals surface area contributed by atoms with Crippen molar-refractivity contribution in [2.75, 3.05) is 26.3 Å². The molecule has 0 bridgehead atoms. The number of carbonyl (C=O) groups is 1. The molecule has 7 nitrogen and oxygen atoms in total. The number of morpholine rings is 1. The predicted molar refractivity (Wildman–Crippen MR) is 115 cm³/mol. The number of ether oxygens (including phenoxy) is 2. The number of hydrogen-bond acceptors (Lipinski definition) is 5. The predicted octanol–water partition coefficient (Wildman–Crippen LogP) is 3.93. The Balaban J connectivity index is 1.31. The number of urea groups is 1. The van der Waals surface area contributed by atoms with Gasteiger partial charge in [-0.05, 0) is 29.8 Å². The van der Waals surface area contributed by atoms with Crippen LogP contribution >= 0.6 is 23.2 Å². The van der Waals surface area contributed by atoms with E-state index >= 15 is 0 Å². The van der Waals surface area contributed by atoms with E-state index in [2.05, 4.69) is 15.3 Å². The molecule has 1 fully saturated rings. The van der Waals surface area contributed by atoms with Gasteiger partial charge in [0.15, 0.2) is 0 Å². The average Bonchev–Trinajstić information content (AvgIpc) is 2.78. The number of amides is 2. The molecular weight excluding hydrogens is 427 g/mol. The van der Waals surface area contributed by atoms with Gasteiger partial charge in [0.25, 0.3) is 0 Å². The zero-order chi connectivity index (χ0) is 20.9. The molecule has 3 aromatic rings. The lowest BCUT2D eigenvalue weighted by Gasteiger charge is -2.32. The van der Waals surface area contributed by atoms with E-state index < -0.39 is 0 Å². The molecule has 2 aromatic carbocycles. The van der Waals surface area contributed by atoms with Crippen LogP contribution in [0.15, 0.2) is 48.8 Å². The molecule has 1 aliphatic rings. The first-order valence-corrected chi connectivity index (χ1v) is 10.3. The molecule has 0 saturated carbocycles. The van der Waals surface area contributed by atoms with Crippen LogP contribution in [0.2, 0.25) is 10.0 Å². The summed E-state index contributed by atoms with van der Waals surface area (Å²) >= 11 is 12.0. The zero-order valence-electron chi connectivity index (χ0n) is 16.1. The number of benzene rings is 2. The fourth-order valence-electron chi connectivity index (χ4n) is 3.21. The van der Waals surface area contributed by atoms with Crippen molar-refractivity contribution in [2.45, 2.75) is 12.6 Å². The number of aromatic nitrogens is 2. The van der Waals surface area contributed by atoms with E-state index in [1.807, 2.05) is 30.3 Å². The molecular formula is C21H20Cl2N4O3. The molecule has 1 unspecified atom stereocenters. The summed E-state index contributed by atoms with van der Waals surface area (Å²) in [4.78, 5) is 22.7. The third-order valence-electron chi connectivity index (χ3n) is 4.77. The second kappa shape index (κ2) is 9.47. The van der Waals surface area contributed by atoms with E-state index in [4.69, 9.17) is 32.7 Å². The third kappa shape index (κ3) is 4.92. The Morgan fingerprint density at radius 3 is 2.93 bits per heavy atom. The number of rotatable bonds is 5. The number of nitrogens with zero attached hydrogens (tertiary/aromatic N) is 3. The standard InChI is InChI=1S/C21H20Cl2N4O3/c22-17-6-5-14(9-18(17)23)10-24-21(28)27-7-8-29-15(11-27)12-30-20-16-3-1-2-4-19(16)25-13-26-20/h1-6,9,13,15H,7-8,10-12H2,(H,24,28). The first-order chi connectivity index (χ1) is 14.6. The molecule has 2 heterocycles. The molecule has 30 heavy (non-hydrogen) atoms. The van der Waals surface area contributed by atoms with E-state index in [1.165, 1.54) is 6.33 Å². The summed E-state index contributed by atoms with van der Waals surface area (Å²) in [5.74, 6) is 0.505. The quantitative estimate of drug-likeness (QED) is 0.642. The first-order valence-electron chi connectivity index (χ1n) is 9.51. The number of nitrogens with one attached hydrogen (secondary N) is 1. The molecule has 4 rings (SSSR count). The van der Waals surface area contributed by atoms with Crippen molar-refractivity contribution >= 4 is 40.1 Å². The minimum Gasteiger partial charge on any atom is -0.474 e. The lowest BCUT2D eigenvalue weighted by atomic mass is 10.2. The van der Waals surface area contributed by atoms with Crippen molar-refractivity contribution in [3.05, 3.63) is 64.4 Å². The molecule has 1 aromatic heterocycles. The number of hydrogen-bond donors (Lipinski definition) is 1. The van der Waals surface area contributed by atoms with Gasteiger partial charge >= 0.3 is 6.03 Å². The maximum absolute atomic E-state index is 12.6. The van der Waals surface area contributed by atoms with E-state index in [1.54, 1.807) is 17.0 Å². The van der Waals surface area contributed by atoms with Gasteiger partial charge in [-0.3, -0.25) is 0 Å². The molecule has 0 aliphatic carbocycles. The minimum absolute atomic E-state index is 0.165. The molecule has 0 spiro atoms. The topological polar surface area (TPSA) is 76.6 Å². The molecule has 1 saturated heterocycles. The number of carbonyl (C=O) groups excluding carboxylic acids is 1. The maximum atomic E-state index is 12.6. The van der Waals surface area contributed by atoms with E-state index in [-0.39, 0.29) is 18.7 Å². The molecule has 2 amide bonds. The molecule has 9 heteroatoms. The van der Waals surface area contributed by atoms with Gasteiger partial charge in [0.2, 0.25) is 5.88 Å². The molecule has 0 radical (unpaired) electrons. The largest absolute Gasteiger partial charge is 0.474 e. The lowest BCUT2D eigenvalue weighted by molar-refractivity contribution is -0.0356. The number of halogens is 2. The Kier molecular flexibility index (Phi) is 6.52. The minimum atomic E-state index is -0.247. The molecule has 1 N–H and O–H groups in total. The van der Waals surface area contributed by atoms with Crippen LogP contribution in [-0.2, 0) is 11.3 Å². The number of para-hydroxylation sites is 1. The first kappa shape index (κ1) is 20.7. The van der Waals surface area contributed by atoms with Crippen LogP contribution < -0.4 is 10.1 Å². The van der Waals surface area contributed by atoms with Crippen molar-refractivity contribution in [3.8, 4) is 5.88 Å². The van der Waals surface area contributed by atoms with Gasteiger partial charge in [-0.1, -0.05) is 41.4 Å². The highest BCUT2D eigenvalue weighted by atomic mass is 35.5. The van der Waals surface area contributed by atoms with Gasteiger partial charge in [-0.2, -0.15) is 0 Å². The summed E-state index contributed by atoms with van der Waals surface area (Å²) in [5, 5.41) is 4.69. The zero-order valence-corrected chi connectivity index (χ0v) is 17.6. The van der Waals surface area contributed by atoms with E-state index in [0.717, 1.165) is 16.5 Å². The highest BCUT2D eigenvalue weighted by Crippen LogP contribution is 2.23. The molecule has 1 aliphatic heterocycles. The Morgan fingerprint density at radius 1 is 1.20 bits per heavy atom. The normalized spacial score (nSPS) is 16.5. The SMILES string of the molecule is O=C(NCc1ccc(Cl)c(Cl)c1)N1CCOC(COc2ncnc3ccccc23)C1. The van der Waals surface area contributed by atoms with Gasteiger partial charge in [0, 0.05) is 13.1 Å². The third-order valence-corrected chi connectivity index (χ3v) is 5.50. The van der Waals surface area contributed by atoms with Crippen molar-refractivity contribution in [1.82, 2.24) is 20.2 Å². The molecule has 156 valence electrons.